The van der Waals surface area contributed by atoms with Crippen LogP contribution in [-0.2, 0) is 4.79 Å². The predicted molar refractivity (Wildman–Crippen MR) is 60.8 cm³/mol. The smallest absolute Gasteiger partial charge is 0.235 e. The van der Waals surface area contributed by atoms with Gasteiger partial charge in [-0.1, -0.05) is 30.3 Å². The summed E-state index contributed by atoms with van der Waals surface area (Å²) in [6.07, 6.45) is 2.39. The van der Waals surface area contributed by atoms with Gasteiger partial charge in [-0.25, -0.2) is 0 Å². The van der Waals surface area contributed by atoms with E-state index in [1.165, 1.54) is 18.4 Å². The van der Waals surface area contributed by atoms with Crippen LogP contribution in [0.15, 0.2) is 30.3 Å². The molecule has 2 rings (SSSR count). The summed E-state index contributed by atoms with van der Waals surface area (Å²) in [6, 6.07) is 10.2. The summed E-state index contributed by atoms with van der Waals surface area (Å²) in [5.41, 5.74) is 1.18. The highest BCUT2D eigenvalue weighted by molar-refractivity contribution is 6.27. The van der Waals surface area contributed by atoms with Crippen molar-refractivity contribution in [2.24, 2.45) is 5.92 Å². The number of alkyl halides is 1. The first-order chi connectivity index (χ1) is 7.31. The number of halogens is 1. The number of benzene rings is 1. The van der Waals surface area contributed by atoms with Crippen LogP contribution in [0.4, 0.5) is 0 Å². The first kappa shape index (κ1) is 10.5. The van der Waals surface area contributed by atoms with E-state index in [0.29, 0.717) is 5.92 Å². The lowest BCUT2D eigenvalue weighted by Crippen LogP contribution is -2.30. The molecule has 0 aromatic heterocycles. The highest BCUT2D eigenvalue weighted by atomic mass is 35.5. The number of hydrogen-bond acceptors (Lipinski definition) is 1. The normalized spacial score (nSPS) is 17.1. The third kappa shape index (κ3) is 2.72. The summed E-state index contributed by atoms with van der Waals surface area (Å²) in [5, 5.41) is 2.97. The maximum absolute atomic E-state index is 11.3. The van der Waals surface area contributed by atoms with Gasteiger partial charge in [0.2, 0.25) is 5.91 Å². The minimum absolute atomic E-state index is 0.0378. The van der Waals surface area contributed by atoms with Crippen LogP contribution in [0, 0.1) is 5.92 Å². The van der Waals surface area contributed by atoms with E-state index in [2.05, 4.69) is 17.4 Å². The molecule has 0 bridgehead atoms. The fourth-order valence-electron chi connectivity index (χ4n) is 1.78. The van der Waals surface area contributed by atoms with Crippen molar-refractivity contribution in [3.63, 3.8) is 0 Å². The van der Waals surface area contributed by atoms with Gasteiger partial charge in [-0.15, -0.1) is 11.6 Å². The number of amides is 1. The molecule has 1 fully saturated rings. The molecule has 3 heteroatoms. The van der Waals surface area contributed by atoms with Crippen LogP contribution in [0.5, 0.6) is 0 Å². The molecule has 0 heterocycles. The van der Waals surface area contributed by atoms with Crippen molar-refractivity contribution in [3.05, 3.63) is 35.9 Å². The monoisotopic (exact) mass is 223 g/mol. The Morgan fingerprint density at radius 2 is 2.07 bits per heavy atom. The van der Waals surface area contributed by atoms with Gasteiger partial charge in [0.05, 0.1) is 6.04 Å². The molecule has 2 nitrogen and oxygen atoms in total. The SMILES string of the molecule is O=C(CCl)NC(c1ccccc1)C1CC1. The Balaban J connectivity index is 2.10. The zero-order chi connectivity index (χ0) is 10.7. The van der Waals surface area contributed by atoms with E-state index in [0.717, 1.165) is 0 Å². The van der Waals surface area contributed by atoms with E-state index in [9.17, 15) is 4.79 Å². The Hall–Kier alpha value is -1.02. The average Bonchev–Trinajstić information content (AvgIpc) is 3.10. The predicted octanol–water partition coefficient (Wildman–Crippen LogP) is 2.49. The van der Waals surface area contributed by atoms with Gasteiger partial charge in [0, 0.05) is 0 Å². The summed E-state index contributed by atoms with van der Waals surface area (Å²) >= 11 is 5.50. The Kier molecular flexibility index (Phi) is 3.27. The van der Waals surface area contributed by atoms with Crippen molar-refractivity contribution >= 4 is 17.5 Å². The largest absolute Gasteiger partial charge is 0.348 e. The zero-order valence-corrected chi connectivity index (χ0v) is 9.20. The molecule has 1 saturated carbocycles. The van der Waals surface area contributed by atoms with E-state index < -0.39 is 0 Å². The maximum atomic E-state index is 11.3. The van der Waals surface area contributed by atoms with E-state index in [1.54, 1.807) is 0 Å². The molecule has 1 aliphatic carbocycles. The van der Waals surface area contributed by atoms with Crippen LogP contribution < -0.4 is 5.32 Å². The number of carbonyl (C=O) groups excluding carboxylic acids is 1. The molecule has 0 spiro atoms. The molecular formula is C12H14ClNO. The molecule has 1 unspecified atom stereocenters. The second-order valence-corrected chi connectivity index (χ2v) is 4.19. The lowest BCUT2D eigenvalue weighted by Gasteiger charge is -2.17. The maximum Gasteiger partial charge on any atom is 0.235 e. The van der Waals surface area contributed by atoms with Gasteiger partial charge in [0.1, 0.15) is 5.88 Å². The van der Waals surface area contributed by atoms with Crippen molar-refractivity contribution in [3.8, 4) is 0 Å². The van der Waals surface area contributed by atoms with Gasteiger partial charge in [0.25, 0.3) is 0 Å². The lowest BCUT2D eigenvalue weighted by atomic mass is 10.0. The van der Waals surface area contributed by atoms with Crippen LogP contribution in [-0.4, -0.2) is 11.8 Å². The van der Waals surface area contributed by atoms with Gasteiger partial charge < -0.3 is 5.32 Å². The first-order valence-electron chi connectivity index (χ1n) is 5.21. The Morgan fingerprint density at radius 3 is 2.60 bits per heavy atom. The van der Waals surface area contributed by atoms with E-state index in [1.807, 2.05) is 18.2 Å². The fraction of sp³-hybridized carbons (Fsp3) is 0.417. The quantitative estimate of drug-likeness (QED) is 0.781. The molecule has 80 valence electrons. The molecule has 1 aromatic rings. The number of rotatable bonds is 4. The first-order valence-corrected chi connectivity index (χ1v) is 5.75. The van der Waals surface area contributed by atoms with Crippen LogP contribution in [0.2, 0.25) is 0 Å². The molecule has 0 radical (unpaired) electrons. The van der Waals surface area contributed by atoms with Gasteiger partial charge >= 0.3 is 0 Å². The Bertz CT molecular complexity index is 335. The molecule has 0 saturated heterocycles. The second kappa shape index (κ2) is 4.67. The van der Waals surface area contributed by atoms with Crippen molar-refractivity contribution in [2.75, 3.05) is 5.88 Å². The molecule has 1 aliphatic rings. The molecule has 0 aliphatic heterocycles. The summed E-state index contributed by atoms with van der Waals surface area (Å²) in [4.78, 5) is 11.3. The topological polar surface area (TPSA) is 29.1 Å². The lowest BCUT2D eigenvalue weighted by molar-refractivity contribution is -0.119. The van der Waals surface area contributed by atoms with Crippen LogP contribution in [0.1, 0.15) is 24.4 Å². The molecular weight excluding hydrogens is 210 g/mol. The second-order valence-electron chi connectivity index (χ2n) is 3.93. The Labute approximate surface area is 94.6 Å². The summed E-state index contributed by atoms with van der Waals surface area (Å²) < 4.78 is 0. The van der Waals surface area contributed by atoms with Crippen molar-refractivity contribution in [1.82, 2.24) is 5.32 Å². The molecule has 15 heavy (non-hydrogen) atoms. The van der Waals surface area contributed by atoms with Gasteiger partial charge in [-0.2, -0.15) is 0 Å². The zero-order valence-electron chi connectivity index (χ0n) is 8.45. The molecule has 1 N–H and O–H groups in total. The van der Waals surface area contributed by atoms with Gasteiger partial charge in [-0.05, 0) is 24.3 Å². The molecule has 1 atom stereocenters. The number of hydrogen-bond donors (Lipinski definition) is 1. The minimum Gasteiger partial charge on any atom is -0.348 e. The van der Waals surface area contributed by atoms with E-state index in [-0.39, 0.29) is 17.8 Å². The van der Waals surface area contributed by atoms with Crippen LogP contribution in [0.3, 0.4) is 0 Å². The highest BCUT2D eigenvalue weighted by Crippen LogP contribution is 2.40. The molecule has 1 amide bonds. The van der Waals surface area contributed by atoms with Crippen molar-refractivity contribution < 1.29 is 4.79 Å². The molecule has 1 aromatic carbocycles. The van der Waals surface area contributed by atoms with Gasteiger partial charge in [0.15, 0.2) is 0 Å². The van der Waals surface area contributed by atoms with Gasteiger partial charge in [-0.3, -0.25) is 4.79 Å². The minimum atomic E-state index is -0.0857. The third-order valence-corrected chi connectivity index (χ3v) is 2.93. The van der Waals surface area contributed by atoms with E-state index in [4.69, 9.17) is 11.6 Å². The Morgan fingerprint density at radius 1 is 1.40 bits per heavy atom. The van der Waals surface area contributed by atoms with Crippen molar-refractivity contribution in [1.29, 1.82) is 0 Å². The van der Waals surface area contributed by atoms with Crippen LogP contribution in [0.25, 0.3) is 0 Å². The number of nitrogens with one attached hydrogen (secondary N) is 1. The average molecular weight is 224 g/mol. The summed E-state index contributed by atoms with van der Waals surface area (Å²) in [6.45, 7) is 0. The van der Waals surface area contributed by atoms with Crippen LogP contribution >= 0.6 is 11.6 Å². The van der Waals surface area contributed by atoms with E-state index >= 15 is 0 Å². The van der Waals surface area contributed by atoms with Crippen molar-refractivity contribution in [2.45, 2.75) is 18.9 Å². The third-order valence-electron chi connectivity index (χ3n) is 2.69. The summed E-state index contributed by atoms with van der Waals surface area (Å²) in [7, 11) is 0. The fourth-order valence-corrected chi connectivity index (χ4v) is 1.85. The standard InChI is InChI=1S/C12H14ClNO/c13-8-11(15)14-12(10-6-7-10)9-4-2-1-3-5-9/h1-5,10,12H,6-8H2,(H,14,15). The highest BCUT2D eigenvalue weighted by Gasteiger charge is 2.32. The summed E-state index contributed by atoms with van der Waals surface area (Å²) in [5.74, 6) is 0.549. The number of carbonyl (C=O) groups is 1.